The molecule has 3 rings (SSSR count). The fourth-order valence-corrected chi connectivity index (χ4v) is 3.08. The van der Waals surface area contributed by atoms with Gasteiger partial charge in [0.2, 0.25) is 0 Å². The number of hydrogen-bond acceptors (Lipinski definition) is 5. The lowest BCUT2D eigenvalue weighted by atomic mass is 10.0. The maximum Gasteiger partial charge on any atom is 0.339 e. The van der Waals surface area contributed by atoms with E-state index < -0.39 is 6.04 Å². The Bertz CT molecular complexity index is 1060. The molecule has 0 saturated carbocycles. The Balaban J connectivity index is 1.74. The number of hydrogen-bond donors (Lipinski definition) is 2. The lowest BCUT2D eigenvalue weighted by molar-refractivity contribution is -0.124. The molecular weight excluding hydrogens is 358 g/mol. The maximum atomic E-state index is 12.3. The minimum absolute atomic E-state index is 0.214. The summed E-state index contributed by atoms with van der Waals surface area (Å²) in [6.07, 6.45) is 0. The second-order valence-corrected chi connectivity index (χ2v) is 6.71. The highest BCUT2D eigenvalue weighted by Gasteiger charge is 2.16. The van der Waals surface area contributed by atoms with Crippen LogP contribution in [0.1, 0.15) is 28.3 Å². The van der Waals surface area contributed by atoms with Gasteiger partial charge in [-0.15, -0.1) is 0 Å². The van der Waals surface area contributed by atoms with Crippen molar-refractivity contribution in [3.8, 4) is 5.75 Å². The first-order valence-corrected chi connectivity index (χ1v) is 9.04. The highest BCUT2D eigenvalue weighted by molar-refractivity contribution is 5.85. The van der Waals surface area contributed by atoms with E-state index in [0.29, 0.717) is 22.5 Å². The van der Waals surface area contributed by atoms with Crippen LogP contribution in [0.25, 0.3) is 11.0 Å². The fourth-order valence-electron chi connectivity index (χ4n) is 3.08. The van der Waals surface area contributed by atoms with Gasteiger partial charge < -0.3 is 19.6 Å². The van der Waals surface area contributed by atoms with Crippen LogP contribution in [0.5, 0.6) is 5.75 Å². The Labute approximate surface area is 162 Å². The zero-order valence-electron chi connectivity index (χ0n) is 16.1. The molecule has 0 aliphatic carbocycles. The molecule has 1 atom stereocenters. The Morgan fingerprint density at radius 2 is 1.79 bits per heavy atom. The van der Waals surface area contributed by atoms with E-state index in [9.17, 15) is 14.7 Å². The number of benzene rings is 2. The minimum Gasteiger partial charge on any atom is -0.483 e. The van der Waals surface area contributed by atoms with Crippen molar-refractivity contribution in [3.05, 3.63) is 75.1 Å². The molecule has 2 N–H and O–H groups in total. The van der Waals surface area contributed by atoms with E-state index in [0.717, 1.165) is 16.5 Å². The molecule has 28 heavy (non-hydrogen) atoms. The largest absolute Gasteiger partial charge is 0.483 e. The van der Waals surface area contributed by atoms with Gasteiger partial charge in [0.25, 0.3) is 5.91 Å². The van der Waals surface area contributed by atoms with Crippen LogP contribution in [-0.2, 0) is 4.79 Å². The molecule has 1 unspecified atom stereocenters. The van der Waals surface area contributed by atoms with Gasteiger partial charge >= 0.3 is 5.63 Å². The van der Waals surface area contributed by atoms with Crippen LogP contribution in [-0.4, -0.2) is 24.2 Å². The summed E-state index contributed by atoms with van der Waals surface area (Å²) in [7, 11) is 0. The van der Waals surface area contributed by atoms with Crippen LogP contribution in [0, 0.1) is 20.8 Å². The quantitative estimate of drug-likeness (QED) is 0.641. The summed E-state index contributed by atoms with van der Waals surface area (Å²) in [6, 6.07) is 12.3. The minimum atomic E-state index is -0.501. The molecule has 2 aromatic carbocycles. The Morgan fingerprint density at radius 1 is 1.07 bits per heavy atom. The number of nitrogens with one attached hydrogen (secondary N) is 1. The molecule has 0 spiro atoms. The number of amides is 1. The SMILES string of the molecule is Cc1c(C)c2ccc(OCC(=O)NC(CO)c3ccccc3)c(C)c2oc1=O. The van der Waals surface area contributed by atoms with Crippen molar-refractivity contribution in [2.24, 2.45) is 0 Å². The number of aliphatic hydroxyl groups is 1. The van der Waals surface area contributed by atoms with Crippen LogP contribution in [0.15, 0.2) is 51.7 Å². The second-order valence-electron chi connectivity index (χ2n) is 6.71. The zero-order valence-corrected chi connectivity index (χ0v) is 16.1. The van der Waals surface area contributed by atoms with Crippen LogP contribution in [0.2, 0.25) is 0 Å². The van der Waals surface area contributed by atoms with E-state index in [1.165, 1.54) is 0 Å². The van der Waals surface area contributed by atoms with Gasteiger partial charge in [0, 0.05) is 16.5 Å². The van der Waals surface area contributed by atoms with Crippen molar-refractivity contribution >= 4 is 16.9 Å². The monoisotopic (exact) mass is 381 g/mol. The van der Waals surface area contributed by atoms with Crippen molar-refractivity contribution in [2.75, 3.05) is 13.2 Å². The van der Waals surface area contributed by atoms with Crippen molar-refractivity contribution in [1.82, 2.24) is 5.32 Å². The van der Waals surface area contributed by atoms with Gasteiger partial charge in [-0.25, -0.2) is 4.79 Å². The molecule has 1 heterocycles. The lowest BCUT2D eigenvalue weighted by Crippen LogP contribution is -2.34. The highest BCUT2D eigenvalue weighted by Crippen LogP contribution is 2.29. The molecule has 1 amide bonds. The van der Waals surface area contributed by atoms with Crippen molar-refractivity contribution in [2.45, 2.75) is 26.8 Å². The first-order valence-electron chi connectivity index (χ1n) is 9.04. The van der Waals surface area contributed by atoms with E-state index in [2.05, 4.69) is 5.32 Å². The smallest absolute Gasteiger partial charge is 0.339 e. The van der Waals surface area contributed by atoms with Crippen molar-refractivity contribution in [3.63, 3.8) is 0 Å². The third-order valence-electron chi connectivity index (χ3n) is 4.90. The summed E-state index contributed by atoms with van der Waals surface area (Å²) in [5, 5.41) is 13.1. The first kappa shape index (κ1) is 19.6. The molecular formula is C22H23NO5. The van der Waals surface area contributed by atoms with Crippen LogP contribution in [0.4, 0.5) is 0 Å². The molecule has 1 aromatic heterocycles. The highest BCUT2D eigenvalue weighted by atomic mass is 16.5. The van der Waals surface area contributed by atoms with Crippen molar-refractivity contribution < 1.29 is 19.1 Å². The molecule has 6 nitrogen and oxygen atoms in total. The van der Waals surface area contributed by atoms with E-state index >= 15 is 0 Å². The first-order chi connectivity index (χ1) is 13.4. The van der Waals surface area contributed by atoms with Gasteiger partial charge in [-0.3, -0.25) is 4.79 Å². The van der Waals surface area contributed by atoms with Gasteiger partial charge in [0.15, 0.2) is 6.61 Å². The predicted octanol–water partition coefficient (Wildman–Crippen LogP) is 2.95. The van der Waals surface area contributed by atoms with Crippen LogP contribution >= 0.6 is 0 Å². The van der Waals surface area contributed by atoms with Gasteiger partial charge in [-0.1, -0.05) is 30.3 Å². The van der Waals surface area contributed by atoms with E-state index in [4.69, 9.17) is 9.15 Å². The number of rotatable bonds is 6. The lowest BCUT2D eigenvalue weighted by Gasteiger charge is -2.17. The third-order valence-corrected chi connectivity index (χ3v) is 4.90. The summed E-state index contributed by atoms with van der Waals surface area (Å²) in [5.41, 5.74) is 3.00. The molecule has 0 fully saturated rings. The van der Waals surface area contributed by atoms with Crippen molar-refractivity contribution in [1.29, 1.82) is 0 Å². The van der Waals surface area contributed by atoms with Gasteiger partial charge in [0.1, 0.15) is 11.3 Å². The molecule has 0 bridgehead atoms. The standard InChI is InChI=1S/C22H23NO5/c1-13-14(2)22(26)28-21-15(3)19(10-9-17(13)21)27-12-20(25)23-18(11-24)16-7-5-4-6-8-16/h4-10,18,24H,11-12H2,1-3H3,(H,23,25). The van der Waals surface area contributed by atoms with E-state index in [1.54, 1.807) is 19.9 Å². The molecule has 146 valence electrons. The molecule has 0 saturated heterocycles. The maximum absolute atomic E-state index is 12.3. The summed E-state index contributed by atoms with van der Waals surface area (Å²) in [5.74, 6) is 0.109. The number of carbonyl (C=O) groups excluding carboxylic acids is 1. The van der Waals surface area contributed by atoms with Crippen LogP contribution < -0.4 is 15.7 Å². The van der Waals surface area contributed by atoms with Gasteiger partial charge in [-0.2, -0.15) is 0 Å². The molecule has 6 heteroatoms. The second kappa shape index (κ2) is 8.27. The Hall–Kier alpha value is -3.12. The summed E-state index contributed by atoms with van der Waals surface area (Å²) < 4.78 is 11.1. The Kier molecular flexibility index (Phi) is 5.80. The van der Waals surface area contributed by atoms with E-state index in [-0.39, 0.29) is 24.7 Å². The Morgan fingerprint density at radius 3 is 2.46 bits per heavy atom. The predicted molar refractivity (Wildman–Crippen MR) is 107 cm³/mol. The average molecular weight is 381 g/mol. The number of aryl methyl sites for hydroxylation is 2. The summed E-state index contributed by atoms with van der Waals surface area (Å²) >= 11 is 0. The number of aliphatic hydroxyl groups excluding tert-OH is 1. The molecule has 3 aromatic rings. The fraction of sp³-hybridized carbons (Fsp3) is 0.273. The zero-order chi connectivity index (χ0) is 20.3. The molecule has 0 aliphatic rings. The number of fused-ring (bicyclic) bond motifs is 1. The van der Waals surface area contributed by atoms with Gasteiger partial charge in [0.05, 0.1) is 12.6 Å². The average Bonchev–Trinajstić information content (AvgIpc) is 2.71. The van der Waals surface area contributed by atoms with Crippen LogP contribution in [0.3, 0.4) is 0 Å². The molecule has 0 radical (unpaired) electrons. The molecule has 0 aliphatic heterocycles. The number of ether oxygens (including phenoxy) is 1. The normalized spacial score (nSPS) is 12.0. The summed E-state index contributed by atoms with van der Waals surface area (Å²) in [4.78, 5) is 24.2. The topological polar surface area (TPSA) is 88.8 Å². The van der Waals surface area contributed by atoms with Gasteiger partial charge in [-0.05, 0) is 44.0 Å². The number of carbonyl (C=O) groups is 1. The summed E-state index contributed by atoms with van der Waals surface area (Å²) in [6.45, 7) is 4.96. The third kappa shape index (κ3) is 3.92. The van der Waals surface area contributed by atoms with E-state index in [1.807, 2.05) is 43.3 Å².